The first-order valence-corrected chi connectivity index (χ1v) is 37.2. The molecule has 0 rings (SSSR count). The minimum Gasteiger partial charge on any atom is -0.461 e. The summed E-state index contributed by atoms with van der Waals surface area (Å²) in [5.74, 6) is -0.377. The van der Waals surface area contributed by atoms with Gasteiger partial charge in [0, 0.05) is 58.4 Å². The first kappa shape index (κ1) is 88.0. The van der Waals surface area contributed by atoms with Crippen LogP contribution in [0.1, 0.15) is 310 Å². The van der Waals surface area contributed by atoms with Gasteiger partial charge >= 0.3 is 30.0 Å². The summed E-state index contributed by atoms with van der Waals surface area (Å²) in [4.78, 5) is 66.8. The van der Waals surface area contributed by atoms with Crippen molar-refractivity contribution in [3.63, 3.8) is 0 Å². The van der Waals surface area contributed by atoms with E-state index in [0.29, 0.717) is 78.4 Å². The molecule has 526 valence electrons. The van der Waals surface area contributed by atoms with Crippen LogP contribution < -0.4 is 5.32 Å². The average Bonchev–Trinajstić information content (AvgIpc) is 3.70. The van der Waals surface area contributed by atoms with Crippen LogP contribution in [-0.2, 0) is 42.9 Å². The fourth-order valence-corrected chi connectivity index (χ4v) is 9.94. The second-order valence-electron chi connectivity index (χ2n) is 25.0. The lowest BCUT2D eigenvalue weighted by atomic mass is 10.1. The third-order valence-corrected chi connectivity index (χ3v) is 15.9. The van der Waals surface area contributed by atoms with Gasteiger partial charge in [-0.15, -0.1) is 0 Å². The van der Waals surface area contributed by atoms with E-state index in [-0.39, 0.29) is 30.0 Å². The van der Waals surface area contributed by atoms with Crippen LogP contribution >= 0.6 is 0 Å². The van der Waals surface area contributed by atoms with E-state index < -0.39 is 0 Å². The van der Waals surface area contributed by atoms with Crippen LogP contribution in [0.3, 0.4) is 0 Å². The number of nitrogens with one attached hydrogen (secondary N) is 1. The zero-order chi connectivity index (χ0) is 66.1. The van der Waals surface area contributed by atoms with E-state index in [9.17, 15) is 24.0 Å². The zero-order valence-corrected chi connectivity index (χ0v) is 59.6. The van der Waals surface area contributed by atoms with Gasteiger partial charge in [-0.1, -0.05) is 230 Å². The number of ether oxygens (including phenoxy) is 5. The smallest absolute Gasteiger partial charge is 0.409 e. The predicted molar refractivity (Wildman–Crippen MR) is 378 cm³/mol. The molecule has 0 bridgehead atoms. The van der Waals surface area contributed by atoms with Crippen molar-refractivity contribution >= 4 is 30.0 Å². The molecule has 0 aromatic rings. The molecule has 14 nitrogen and oxygen atoms in total. The number of hydrogen-bond donors (Lipinski definition) is 1. The van der Waals surface area contributed by atoms with Crippen molar-refractivity contribution in [1.29, 1.82) is 0 Å². The molecule has 14 heteroatoms. The van der Waals surface area contributed by atoms with Gasteiger partial charge in [0.1, 0.15) is 33.0 Å². The number of esters is 4. The maximum absolute atomic E-state index is 13.0. The Morgan fingerprint density at radius 1 is 0.300 bits per heavy atom. The Morgan fingerprint density at radius 2 is 0.589 bits per heavy atom. The Labute approximate surface area is 554 Å². The molecule has 1 amide bonds. The highest BCUT2D eigenvalue weighted by molar-refractivity contribution is 5.70. The summed E-state index contributed by atoms with van der Waals surface area (Å²) in [6.45, 7) is 17.0. The van der Waals surface area contributed by atoms with Crippen LogP contribution in [0.25, 0.3) is 0 Å². The molecule has 0 aromatic heterocycles. The Hall–Kier alpha value is -4.01. The molecule has 0 unspecified atom stereocenters. The largest absolute Gasteiger partial charge is 0.461 e. The van der Waals surface area contributed by atoms with E-state index in [1.165, 1.54) is 141 Å². The number of amides is 1. The van der Waals surface area contributed by atoms with Crippen LogP contribution in [-0.4, -0.2) is 145 Å². The summed E-state index contributed by atoms with van der Waals surface area (Å²) in [5, 5.41) is 3.54. The van der Waals surface area contributed by atoms with Crippen molar-refractivity contribution in [2.24, 2.45) is 0 Å². The van der Waals surface area contributed by atoms with E-state index in [0.717, 1.165) is 142 Å². The summed E-state index contributed by atoms with van der Waals surface area (Å²) < 4.78 is 26.9. The highest BCUT2D eigenvalue weighted by Gasteiger charge is 2.15. The Balaban J connectivity index is 0. The SMILES string of the molecule is CCCCCC/C=C\COC(=O)CCCCCCCN(CCCCCCCC(=O)OC/C=C\CCCCCC)C(=O)OCCN(C)CCN(C)C.CCCCCC/C=C\COC(=O)CCCCCCCNCCCCCCCC(=O)OC/C=C\CCCCCC. The molecule has 90 heavy (non-hydrogen) atoms. The van der Waals surface area contributed by atoms with Crippen LogP contribution in [0.4, 0.5) is 4.79 Å². The molecule has 0 aliphatic rings. The van der Waals surface area contributed by atoms with Crippen molar-refractivity contribution in [1.82, 2.24) is 20.0 Å². The first-order chi connectivity index (χ1) is 44.0. The molecule has 0 spiro atoms. The number of nitrogens with zero attached hydrogens (tertiary/aromatic N) is 3. The number of unbranched alkanes of at least 4 members (excludes halogenated alkanes) is 32. The van der Waals surface area contributed by atoms with Gasteiger partial charge in [0.2, 0.25) is 0 Å². The van der Waals surface area contributed by atoms with Gasteiger partial charge in [-0.05, 0) is 137 Å². The maximum Gasteiger partial charge on any atom is 0.409 e. The lowest BCUT2D eigenvalue weighted by molar-refractivity contribution is -0.143. The first-order valence-electron chi connectivity index (χ1n) is 37.2. The van der Waals surface area contributed by atoms with E-state index in [2.05, 4.69) is 88.3 Å². The van der Waals surface area contributed by atoms with Crippen LogP contribution in [0.5, 0.6) is 0 Å². The number of rotatable bonds is 66. The second kappa shape index (κ2) is 74.0. The number of likely N-dealkylation sites (N-methyl/N-ethyl adjacent to an activating group) is 2. The lowest BCUT2D eigenvalue weighted by Crippen LogP contribution is -2.36. The van der Waals surface area contributed by atoms with Gasteiger partial charge in [0.15, 0.2) is 0 Å². The molecular formula is C76H142N4O10. The third-order valence-electron chi connectivity index (χ3n) is 15.9. The molecule has 0 saturated carbocycles. The van der Waals surface area contributed by atoms with Crippen molar-refractivity contribution in [3.05, 3.63) is 48.6 Å². The van der Waals surface area contributed by atoms with Gasteiger partial charge < -0.3 is 43.7 Å². The van der Waals surface area contributed by atoms with Crippen molar-refractivity contribution in [2.45, 2.75) is 310 Å². The molecular weight excluding hydrogens is 1130 g/mol. The van der Waals surface area contributed by atoms with E-state index in [1.807, 2.05) is 29.2 Å². The molecule has 0 aliphatic carbocycles. The summed E-state index contributed by atoms with van der Waals surface area (Å²) in [6.07, 6.45) is 63.4. The van der Waals surface area contributed by atoms with Crippen molar-refractivity contribution in [2.75, 3.05) is 100.0 Å². The fraction of sp³-hybridized carbons (Fsp3) is 0.829. The van der Waals surface area contributed by atoms with Crippen molar-refractivity contribution < 1.29 is 47.7 Å². The maximum atomic E-state index is 13.0. The average molecular weight is 1270 g/mol. The van der Waals surface area contributed by atoms with E-state index >= 15 is 0 Å². The minimum absolute atomic E-state index is 0.0662. The molecule has 0 radical (unpaired) electrons. The summed E-state index contributed by atoms with van der Waals surface area (Å²) in [7, 11) is 6.16. The minimum atomic E-state index is -0.230. The Bertz CT molecular complexity index is 1600. The van der Waals surface area contributed by atoms with Gasteiger partial charge in [-0.2, -0.15) is 0 Å². The van der Waals surface area contributed by atoms with Crippen LogP contribution in [0, 0.1) is 0 Å². The highest BCUT2D eigenvalue weighted by atomic mass is 16.6. The Morgan fingerprint density at radius 3 is 0.900 bits per heavy atom. The quantitative estimate of drug-likeness (QED) is 0.0266. The lowest BCUT2D eigenvalue weighted by Gasteiger charge is -2.24. The molecule has 0 heterocycles. The van der Waals surface area contributed by atoms with E-state index in [4.69, 9.17) is 23.7 Å². The molecule has 0 fully saturated rings. The standard InChI is InChI=1S/C42H79N3O6.C34H63NO4/c1-6-8-10-12-14-22-28-37-49-40(46)30-24-18-16-20-26-32-45(42(48)51-39-36-44(5)35-34-43(3)4)33-27-21-17-19-25-31-41(47)50-38-29-23-15-13-11-9-7-2;1-3-5-7-9-11-19-25-31-38-33(36)27-21-15-13-17-23-29-35-30-24-18-14-16-22-28-34(37)39-32-26-20-12-10-8-6-4-2/h22-23,28-29H,6-21,24-27,30-39H2,1-5H3;19-20,25-26,35H,3-18,21-24,27-32H2,1-2H3/b28-22-,29-23-;25-19-,26-20-. The molecule has 0 atom stereocenters. The van der Waals surface area contributed by atoms with Gasteiger partial charge in [0.25, 0.3) is 0 Å². The van der Waals surface area contributed by atoms with Crippen molar-refractivity contribution in [3.8, 4) is 0 Å². The van der Waals surface area contributed by atoms with Gasteiger partial charge in [-0.3, -0.25) is 19.2 Å². The number of carbonyl (C=O) groups is 5. The van der Waals surface area contributed by atoms with Crippen LogP contribution in [0.15, 0.2) is 48.6 Å². The monoisotopic (exact) mass is 1270 g/mol. The Kier molecular flexibility index (Phi) is 72.4. The third kappa shape index (κ3) is 73.0. The fourth-order valence-electron chi connectivity index (χ4n) is 9.94. The van der Waals surface area contributed by atoms with Crippen LogP contribution in [0.2, 0.25) is 0 Å². The summed E-state index contributed by atoms with van der Waals surface area (Å²) in [6, 6.07) is 0. The molecule has 0 aromatic carbocycles. The summed E-state index contributed by atoms with van der Waals surface area (Å²) >= 11 is 0. The molecule has 0 saturated heterocycles. The van der Waals surface area contributed by atoms with Gasteiger partial charge in [-0.25, -0.2) is 4.79 Å². The summed E-state index contributed by atoms with van der Waals surface area (Å²) in [5.41, 5.74) is 0. The zero-order valence-electron chi connectivity index (χ0n) is 59.6. The normalized spacial score (nSPS) is 11.6. The predicted octanol–water partition coefficient (Wildman–Crippen LogP) is 19.1. The second-order valence-corrected chi connectivity index (χ2v) is 25.0. The number of carbonyl (C=O) groups excluding carboxylic acids is 5. The highest BCUT2D eigenvalue weighted by Crippen LogP contribution is 2.14. The molecule has 1 N–H and O–H groups in total. The molecule has 0 aliphatic heterocycles. The number of allylic oxidation sites excluding steroid dienone is 4. The number of hydrogen-bond acceptors (Lipinski definition) is 13. The van der Waals surface area contributed by atoms with Gasteiger partial charge in [0.05, 0.1) is 0 Å². The topological polar surface area (TPSA) is 153 Å². The van der Waals surface area contributed by atoms with E-state index in [1.54, 1.807) is 0 Å².